The molecular weight excluding hydrogens is 360 g/mol. The van der Waals surface area contributed by atoms with Crippen LogP contribution in [0, 0.1) is 25.7 Å². The summed E-state index contributed by atoms with van der Waals surface area (Å²) in [5, 5.41) is 0. The van der Waals surface area contributed by atoms with Crippen LogP contribution in [-0.4, -0.2) is 27.6 Å². The molecule has 142 valence electrons. The lowest BCUT2D eigenvalue weighted by molar-refractivity contribution is 0.125. The number of methoxy groups -OCH3 is 1. The molecule has 2 unspecified atom stereocenters. The molecule has 2 fully saturated rings. The molecule has 0 aromatic heterocycles. The predicted octanol–water partition coefficient (Wildman–Crippen LogP) is 2.92. The summed E-state index contributed by atoms with van der Waals surface area (Å²) in [4.78, 5) is 0.246. The Bertz CT molecular complexity index is 709. The van der Waals surface area contributed by atoms with E-state index in [1.807, 2.05) is 19.9 Å². The standard InChI is InChI=1S/C18H28N2O3S.ClH/c1-11-7-12(2)18(23-3)16(8-11)24(21,22)20-17-13-5-4-6-14(17)10-15(19)9-13;/h7-8,13-15,17,20H,4-6,9-10,19H2,1-3H3;1H. The number of hydrogen-bond donors (Lipinski definition) is 2. The fourth-order valence-electron chi connectivity index (χ4n) is 4.60. The highest BCUT2D eigenvalue weighted by atomic mass is 35.5. The summed E-state index contributed by atoms with van der Waals surface area (Å²) in [5.74, 6) is 1.13. The van der Waals surface area contributed by atoms with Crippen LogP contribution in [0.5, 0.6) is 5.75 Å². The summed E-state index contributed by atoms with van der Waals surface area (Å²) in [6.07, 6.45) is 5.11. The van der Waals surface area contributed by atoms with Crippen molar-refractivity contribution in [2.45, 2.75) is 62.9 Å². The largest absolute Gasteiger partial charge is 0.495 e. The Morgan fingerprint density at radius 1 is 1.16 bits per heavy atom. The summed E-state index contributed by atoms with van der Waals surface area (Å²) < 4.78 is 34.5. The van der Waals surface area contributed by atoms with Gasteiger partial charge >= 0.3 is 0 Å². The molecule has 3 rings (SSSR count). The molecule has 1 aromatic rings. The smallest absolute Gasteiger partial charge is 0.244 e. The number of hydrogen-bond acceptors (Lipinski definition) is 4. The van der Waals surface area contributed by atoms with E-state index in [1.54, 1.807) is 6.07 Å². The minimum absolute atomic E-state index is 0. The lowest BCUT2D eigenvalue weighted by atomic mass is 9.67. The van der Waals surface area contributed by atoms with Crippen molar-refractivity contribution in [3.63, 3.8) is 0 Å². The van der Waals surface area contributed by atoms with E-state index >= 15 is 0 Å². The molecule has 0 saturated heterocycles. The average molecular weight is 389 g/mol. The highest BCUT2D eigenvalue weighted by molar-refractivity contribution is 7.89. The van der Waals surface area contributed by atoms with Crippen LogP contribution in [0.15, 0.2) is 17.0 Å². The maximum Gasteiger partial charge on any atom is 0.244 e. The molecule has 25 heavy (non-hydrogen) atoms. The van der Waals surface area contributed by atoms with Gasteiger partial charge < -0.3 is 10.5 Å². The van der Waals surface area contributed by atoms with Crippen LogP contribution in [0.1, 0.15) is 43.2 Å². The van der Waals surface area contributed by atoms with Crippen molar-refractivity contribution in [1.29, 1.82) is 0 Å². The molecule has 2 bridgehead atoms. The Hall–Kier alpha value is -0.820. The van der Waals surface area contributed by atoms with Gasteiger partial charge in [0.25, 0.3) is 0 Å². The third kappa shape index (κ3) is 4.13. The Morgan fingerprint density at radius 3 is 2.32 bits per heavy atom. The first-order valence-electron chi connectivity index (χ1n) is 8.75. The van der Waals surface area contributed by atoms with E-state index in [4.69, 9.17) is 10.5 Å². The Morgan fingerprint density at radius 2 is 1.76 bits per heavy atom. The monoisotopic (exact) mass is 388 g/mol. The Kier molecular flexibility index (Phi) is 6.41. The van der Waals surface area contributed by atoms with Gasteiger partial charge in [-0.1, -0.05) is 12.5 Å². The predicted molar refractivity (Wildman–Crippen MR) is 102 cm³/mol. The van der Waals surface area contributed by atoms with Crippen molar-refractivity contribution in [3.05, 3.63) is 23.3 Å². The molecule has 0 amide bonds. The van der Waals surface area contributed by atoms with Crippen molar-refractivity contribution >= 4 is 22.4 Å². The summed E-state index contributed by atoms with van der Waals surface area (Å²) in [5.41, 5.74) is 7.90. The van der Waals surface area contributed by atoms with Gasteiger partial charge in [0, 0.05) is 12.1 Å². The molecule has 0 heterocycles. The molecule has 7 heteroatoms. The lowest BCUT2D eigenvalue weighted by Gasteiger charge is -2.45. The number of nitrogens with two attached hydrogens (primary N) is 1. The van der Waals surface area contributed by atoms with E-state index in [0.29, 0.717) is 17.6 Å². The maximum atomic E-state index is 13.1. The third-order valence-electron chi connectivity index (χ3n) is 5.55. The van der Waals surface area contributed by atoms with E-state index < -0.39 is 10.0 Å². The van der Waals surface area contributed by atoms with Gasteiger partial charge in [-0.2, -0.15) is 0 Å². The van der Waals surface area contributed by atoms with Gasteiger partial charge in [0.15, 0.2) is 0 Å². The number of nitrogens with one attached hydrogen (secondary N) is 1. The Balaban J connectivity index is 0.00000225. The van der Waals surface area contributed by atoms with E-state index in [0.717, 1.165) is 36.8 Å². The zero-order chi connectivity index (χ0) is 17.5. The number of fused-ring (bicyclic) bond motifs is 2. The molecule has 0 aliphatic heterocycles. The zero-order valence-electron chi connectivity index (χ0n) is 15.1. The van der Waals surface area contributed by atoms with Gasteiger partial charge in [0.1, 0.15) is 10.6 Å². The summed E-state index contributed by atoms with van der Waals surface area (Å²) >= 11 is 0. The molecule has 2 saturated carbocycles. The van der Waals surface area contributed by atoms with Crippen molar-refractivity contribution in [2.75, 3.05) is 7.11 Å². The first kappa shape index (κ1) is 20.5. The maximum absolute atomic E-state index is 13.1. The Labute approximate surface area is 157 Å². The third-order valence-corrected chi connectivity index (χ3v) is 7.01. The van der Waals surface area contributed by atoms with Crippen LogP contribution in [0.4, 0.5) is 0 Å². The second kappa shape index (κ2) is 7.82. The molecular formula is C18H29ClN2O3S. The number of benzene rings is 1. The van der Waals surface area contributed by atoms with Gasteiger partial charge in [-0.25, -0.2) is 13.1 Å². The number of aryl methyl sites for hydroxylation is 2. The molecule has 2 atom stereocenters. The van der Waals surface area contributed by atoms with Crippen LogP contribution < -0.4 is 15.2 Å². The molecule has 5 nitrogen and oxygen atoms in total. The number of sulfonamides is 1. The first-order chi connectivity index (χ1) is 11.3. The summed E-state index contributed by atoms with van der Waals surface area (Å²) in [7, 11) is -2.10. The highest BCUT2D eigenvalue weighted by Gasteiger charge is 2.41. The van der Waals surface area contributed by atoms with Crippen molar-refractivity contribution in [1.82, 2.24) is 4.72 Å². The minimum atomic E-state index is -3.62. The molecule has 2 aliphatic carbocycles. The van der Waals surface area contributed by atoms with Gasteiger partial charge in [0.05, 0.1) is 7.11 Å². The highest BCUT2D eigenvalue weighted by Crippen LogP contribution is 2.41. The molecule has 0 spiro atoms. The number of rotatable bonds is 4. The van der Waals surface area contributed by atoms with Gasteiger partial charge in [-0.3, -0.25) is 0 Å². The molecule has 1 aromatic carbocycles. The normalized spacial score (nSPS) is 29.0. The van der Waals surface area contributed by atoms with Crippen LogP contribution >= 0.6 is 12.4 Å². The lowest BCUT2D eigenvalue weighted by Crippen LogP contribution is -2.53. The second-order valence-corrected chi connectivity index (χ2v) is 9.13. The van der Waals surface area contributed by atoms with E-state index in [9.17, 15) is 8.42 Å². The van der Waals surface area contributed by atoms with Crippen molar-refractivity contribution < 1.29 is 13.2 Å². The van der Waals surface area contributed by atoms with Gasteiger partial charge in [-0.05, 0) is 68.6 Å². The SMILES string of the molecule is COc1c(C)cc(C)cc1S(=O)(=O)NC1C2CCCC1CC(N)C2.Cl. The first-order valence-corrected chi connectivity index (χ1v) is 10.2. The minimum Gasteiger partial charge on any atom is -0.495 e. The van der Waals surface area contributed by atoms with Gasteiger partial charge in [0.2, 0.25) is 10.0 Å². The quantitative estimate of drug-likeness (QED) is 0.830. The fourth-order valence-corrected chi connectivity index (χ4v) is 6.30. The van der Waals surface area contributed by atoms with E-state index in [-0.39, 0.29) is 29.4 Å². The number of halogens is 1. The van der Waals surface area contributed by atoms with Crippen molar-refractivity contribution in [3.8, 4) is 5.75 Å². The second-order valence-electron chi connectivity index (χ2n) is 7.44. The van der Waals surface area contributed by atoms with Gasteiger partial charge in [-0.15, -0.1) is 12.4 Å². The topological polar surface area (TPSA) is 81.4 Å². The summed E-state index contributed by atoms with van der Waals surface area (Å²) in [6.45, 7) is 3.78. The number of ether oxygens (including phenoxy) is 1. The van der Waals surface area contributed by atoms with E-state index in [2.05, 4.69) is 4.72 Å². The molecule has 0 radical (unpaired) electrons. The van der Waals surface area contributed by atoms with Crippen LogP contribution in [0.3, 0.4) is 0 Å². The summed E-state index contributed by atoms with van der Waals surface area (Å²) in [6, 6.07) is 3.83. The average Bonchev–Trinajstić information content (AvgIpc) is 2.47. The fraction of sp³-hybridized carbons (Fsp3) is 0.667. The van der Waals surface area contributed by atoms with Crippen LogP contribution in [-0.2, 0) is 10.0 Å². The molecule has 2 aliphatic rings. The van der Waals surface area contributed by atoms with Crippen LogP contribution in [0.25, 0.3) is 0 Å². The van der Waals surface area contributed by atoms with Crippen LogP contribution in [0.2, 0.25) is 0 Å². The molecule has 3 N–H and O–H groups in total. The van der Waals surface area contributed by atoms with E-state index in [1.165, 1.54) is 13.5 Å². The van der Waals surface area contributed by atoms with Crippen molar-refractivity contribution in [2.24, 2.45) is 17.6 Å². The zero-order valence-corrected chi connectivity index (χ0v) is 16.8.